The molecule has 0 spiro atoms. The summed E-state index contributed by atoms with van der Waals surface area (Å²) in [6.45, 7) is 12.9. The van der Waals surface area contributed by atoms with Crippen LogP contribution in [0.3, 0.4) is 0 Å². The van der Waals surface area contributed by atoms with Gasteiger partial charge < -0.3 is 19.4 Å². The number of nitrogens with zero attached hydrogens (tertiary/aromatic N) is 2. The van der Waals surface area contributed by atoms with Crippen LogP contribution in [0.4, 0.5) is 5.69 Å². The molecule has 5 atom stereocenters. The number of anilines is 1. The van der Waals surface area contributed by atoms with Crippen LogP contribution in [0.1, 0.15) is 64.9 Å². The lowest BCUT2D eigenvalue weighted by Crippen LogP contribution is -2.49. The van der Waals surface area contributed by atoms with Crippen molar-refractivity contribution in [2.75, 3.05) is 31.1 Å². The van der Waals surface area contributed by atoms with E-state index >= 15 is 0 Å². The van der Waals surface area contributed by atoms with E-state index < -0.39 is 5.97 Å². The van der Waals surface area contributed by atoms with Gasteiger partial charge in [-0.1, -0.05) is 38.1 Å². The molecule has 1 aromatic rings. The maximum atomic E-state index is 12.6. The molecule has 34 heavy (non-hydrogen) atoms. The molecule has 1 heterocycles. The molecule has 6 heteroatoms. The minimum Gasteiger partial charge on any atom is -0.490 e. The maximum absolute atomic E-state index is 12.6. The molecule has 3 aliphatic rings. The lowest BCUT2D eigenvalue weighted by molar-refractivity contribution is -0.140. The van der Waals surface area contributed by atoms with Crippen LogP contribution in [0.25, 0.3) is 0 Å². The molecular weight excluding hydrogens is 426 g/mol. The molecule has 1 saturated carbocycles. The van der Waals surface area contributed by atoms with E-state index in [4.69, 9.17) is 15.5 Å². The van der Waals surface area contributed by atoms with Gasteiger partial charge in [0.15, 0.2) is 0 Å². The molecule has 1 fully saturated rings. The van der Waals surface area contributed by atoms with Crippen molar-refractivity contribution in [3.8, 4) is 5.75 Å². The van der Waals surface area contributed by atoms with Crippen molar-refractivity contribution in [1.82, 2.24) is 4.90 Å². The second kappa shape index (κ2) is 11.0. The van der Waals surface area contributed by atoms with Gasteiger partial charge in [0.2, 0.25) is 0 Å². The molecule has 2 aliphatic carbocycles. The average molecular weight is 468 g/mol. The Morgan fingerprint density at radius 1 is 1.12 bits per heavy atom. The largest absolute Gasteiger partial charge is 0.490 e. The molecule has 0 bridgehead atoms. The van der Waals surface area contributed by atoms with Gasteiger partial charge >= 0.3 is 5.97 Å². The quantitative estimate of drug-likeness (QED) is 0.554. The van der Waals surface area contributed by atoms with Crippen LogP contribution in [0.2, 0.25) is 0 Å². The third-order valence-electron chi connectivity index (χ3n) is 8.35. The third-order valence-corrected chi connectivity index (χ3v) is 8.35. The molecule has 4 rings (SSSR count). The number of carbonyl (C=O) groups is 1. The summed E-state index contributed by atoms with van der Waals surface area (Å²) in [4.78, 5) is 22.3. The van der Waals surface area contributed by atoms with Crippen molar-refractivity contribution in [3.63, 3.8) is 0 Å². The van der Waals surface area contributed by atoms with Gasteiger partial charge in [0.05, 0.1) is 0 Å². The summed E-state index contributed by atoms with van der Waals surface area (Å²) in [5.74, 6) is 6.50. The van der Waals surface area contributed by atoms with Crippen LogP contribution in [0.15, 0.2) is 42.0 Å². The van der Waals surface area contributed by atoms with Gasteiger partial charge in [0.25, 0.3) is 0 Å². The molecule has 1 aliphatic heterocycles. The predicted octanol–water partition coefficient (Wildman–Crippen LogP) is 4.81. The van der Waals surface area contributed by atoms with Crippen molar-refractivity contribution < 1.29 is 14.4 Å². The number of hydrogen-bond donors (Lipinski definition) is 1. The number of rotatable bonds is 8. The summed E-state index contributed by atoms with van der Waals surface area (Å²) in [6, 6.07) is 7.22. The van der Waals surface area contributed by atoms with Gasteiger partial charge in [-0.2, -0.15) is 5.90 Å². The van der Waals surface area contributed by atoms with Crippen LogP contribution in [-0.4, -0.2) is 49.2 Å². The van der Waals surface area contributed by atoms with Crippen molar-refractivity contribution in [1.29, 1.82) is 0 Å². The average Bonchev–Trinajstić information content (AvgIpc) is 2.88. The number of hydrogen-bond acceptors (Lipinski definition) is 6. The SMILES string of the molecule is CCN(CC)c1ccc2c(c1)OC1CC(N(CC)CC)CCC1C2C1CC=CC=C1C(=O)ON. The Labute approximate surface area is 204 Å². The predicted molar refractivity (Wildman–Crippen MR) is 137 cm³/mol. The highest BCUT2D eigenvalue weighted by atomic mass is 16.7. The lowest BCUT2D eigenvalue weighted by atomic mass is 9.64. The molecular formula is C28H41N3O3. The fraction of sp³-hybridized carbons (Fsp3) is 0.607. The molecule has 0 saturated heterocycles. The van der Waals surface area contributed by atoms with Crippen LogP contribution >= 0.6 is 0 Å². The Kier molecular flexibility index (Phi) is 7.99. The Morgan fingerprint density at radius 2 is 1.88 bits per heavy atom. The zero-order chi connectivity index (χ0) is 24.2. The molecule has 2 N–H and O–H groups in total. The normalized spacial score (nSPS) is 27.9. The summed E-state index contributed by atoms with van der Waals surface area (Å²) in [6.07, 6.45) is 10.2. The molecule has 5 unspecified atom stereocenters. The number of nitrogens with two attached hydrogens (primary N) is 1. The first-order valence-electron chi connectivity index (χ1n) is 13.1. The maximum Gasteiger partial charge on any atom is 0.352 e. The lowest BCUT2D eigenvalue weighted by Gasteiger charge is -2.49. The minimum atomic E-state index is -0.421. The van der Waals surface area contributed by atoms with E-state index in [1.165, 1.54) is 17.7 Å². The number of ether oxygens (including phenoxy) is 1. The summed E-state index contributed by atoms with van der Waals surface area (Å²) < 4.78 is 6.80. The van der Waals surface area contributed by atoms with Gasteiger partial charge in [-0.05, 0) is 57.8 Å². The van der Waals surface area contributed by atoms with E-state index in [-0.39, 0.29) is 17.9 Å². The van der Waals surface area contributed by atoms with E-state index in [0.717, 1.165) is 51.2 Å². The standard InChI is InChI=1S/C28H41N3O3/c1-5-30(6-2)19-13-15-23-25(17-19)33-26-18-20(31(7-3)8-4)14-16-24(26)27(23)21-11-9-10-12-22(21)28(32)34-29/h9-10,12-13,15,17,20-21,24,26-27H,5-8,11,14,16,18,29H2,1-4H3. The van der Waals surface area contributed by atoms with Gasteiger partial charge in [-0.3, -0.25) is 0 Å². The van der Waals surface area contributed by atoms with Crippen LogP contribution in [0, 0.1) is 11.8 Å². The van der Waals surface area contributed by atoms with E-state index in [9.17, 15) is 4.79 Å². The molecule has 1 aromatic carbocycles. The first-order chi connectivity index (χ1) is 16.6. The Bertz CT molecular complexity index is 919. The number of benzene rings is 1. The first-order valence-corrected chi connectivity index (χ1v) is 13.1. The van der Waals surface area contributed by atoms with Gasteiger partial charge in [-0.15, -0.1) is 0 Å². The van der Waals surface area contributed by atoms with Crippen LogP contribution < -0.4 is 15.5 Å². The monoisotopic (exact) mass is 467 g/mol. The minimum absolute atomic E-state index is 0.0421. The topological polar surface area (TPSA) is 68.0 Å². The highest BCUT2D eigenvalue weighted by Crippen LogP contribution is 2.53. The second-order valence-electron chi connectivity index (χ2n) is 9.73. The van der Waals surface area contributed by atoms with E-state index in [1.807, 2.05) is 12.2 Å². The highest BCUT2D eigenvalue weighted by Gasteiger charge is 2.47. The van der Waals surface area contributed by atoms with Crippen molar-refractivity contribution in [2.24, 2.45) is 17.7 Å². The number of carbonyl (C=O) groups excluding carboxylic acids is 1. The number of allylic oxidation sites excluding steroid dienone is 3. The summed E-state index contributed by atoms with van der Waals surface area (Å²) in [7, 11) is 0. The van der Waals surface area contributed by atoms with E-state index in [0.29, 0.717) is 17.5 Å². The van der Waals surface area contributed by atoms with Crippen molar-refractivity contribution in [2.45, 2.75) is 71.4 Å². The summed E-state index contributed by atoms with van der Waals surface area (Å²) in [5, 5.41) is 0. The van der Waals surface area contributed by atoms with Gasteiger partial charge in [0.1, 0.15) is 11.9 Å². The highest BCUT2D eigenvalue weighted by molar-refractivity contribution is 5.89. The first kappa shape index (κ1) is 24.8. The molecule has 186 valence electrons. The zero-order valence-electron chi connectivity index (χ0n) is 21.2. The van der Waals surface area contributed by atoms with E-state index in [1.54, 1.807) is 0 Å². The molecule has 0 radical (unpaired) electrons. The summed E-state index contributed by atoms with van der Waals surface area (Å²) in [5.41, 5.74) is 3.09. The molecule has 0 amide bonds. The van der Waals surface area contributed by atoms with Gasteiger partial charge in [-0.25, -0.2) is 4.79 Å². The smallest absolute Gasteiger partial charge is 0.352 e. The van der Waals surface area contributed by atoms with Gasteiger partial charge in [0, 0.05) is 60.6 Å². The molecule has 0 aromatic heterocycles. The summed E-state index contributed by atoms with van der Waals surface area (Å²) >= 11 is 0. The Morgan fingerprint density at radius 3 is 2.56 bits per heavy atom. The third kappa shape index (κ3) is 4.63. The zero-order valence-corrected chi connectivity index (χ0v) is 21.2. The van der Waals surface area contributed by atoms with E-state index in [2.05, 4.69) is 61.8 Å². The van der Waals surface area contributed by atoms with Crippen molar-refractivity contribution in [3.05, 3.63) is 47.6 Å². The van der Waals surface area contributed by atoms with Crippen LogP contribution in [-0.2, 0) is 9.63 Å². The second-order valence-corrected chi connectivity index (χ2v) is 9.73. The Hall–Kier alpha value is -2.31. The number of fused-ring (bicyclic) bond motifs is 2. The fourth-order valence-corrected chi connectivity index (χ4v) is 6.62. The van der Waals surface area contributed by atoms with Crippen LogP contribution in [0.5, 0.6) is 5.75 Å². The fourth-order valence-electron chi connectivity index (χ4n) is 6.62. The Balaban J connectivity index is 1.74. The van der Waals surface area contributed by atoms with Crippen molar-refractivity contribution >= 4 is 11.7 Å². The molecule has 6 nitrogen and oxygen atoms in total.